The molecule has 4 nitrogen and oxygen atoms in total. The van der Waals surface area contributed by atoms with E-state index in [9.17, 15) is 8.78 Å². The third-order valence-corrected chi connectivity index (χ3v) is 3.68. The summed E-state index contributed by atoms with van der Waals surface area (Å²) < 4.78 is 29.1. The van der Waals surface area contributed by atoms with Gasteiger partial charge in [-0.05, 0) is 18.1 Å². The molecular weight excluding hydrogens is 282 g/mol. The average Bonchev–Trinajstić information content (AvgIpc) is 2.74. The van der Waals surface area contributed by atoms with Crippen LogP contribution in [0.2, 0.25) is 0 Å². The molecule has 0 radical (unpaired) electrons. The molecule has 0 aliphatic rings. The van der Waals surface area contributed by atoms with Crippen molar-refractivity contribution < 1.29 is 8.78 Å². The molecule has 7 heteroatoms. The molecule has 0 aliphatic carbocycles. The summed E-state index contributed by atoms with van der Waals surface area (Å²) in [5.74, 6) is 0.166. The highest BCUT2D eigenvalue weighted by atomic mass is 32.2. The van der Waals surface area contributed by atoms with Gasteiger partial charge in [-0.25, -0.2) is 18.4 Å². The molecule has 1 aromatic carbocycles. The molecular formula is C13H16F2N4S. The Hall–Kier alpha value is -1.63. The zero-order chi connectivity index (χ0) is 14.7. The molecule has 2 rings (SSSR count). The summed E-state index contributed by atoms with van der Waals surface area (Å²) in [4.78, 5) is 4.08. The smallest absolute Gasteiger partial charge is 0.141 e. The van der Waals surface area contributed by atoms with E-state index in [0.29, 0.717) is 17.5 Å². The third kappa shape index (κ3) is 3.47. The molecule has 0 spiro atoms. The maximum atomic E-state index is 13.7. The lowest BCUT2D eigenvalue weighted by molar-refractivity contribution is 0.471. The SMILES string of the molecule is CC(C)Cn1ncnc1CSc1c(F)cc(N)cc1F. The number of hydrogen-bond donors (Lipinski definition) is 1. The normalized spacial score (nSPS) is 11.2. The van der Waals surface area contributed by atoms with E-state index in [4.69, 9.17) is 5.73 Å². The fraction of sp³-hybridized carbons (Fsp3) is 0.385. The molecule has 0 aliphatic heterocycles. The van der Waals surface area contributed by atoms with Crippen molar-refractivity contribution in [2.24, 2.45) is 5.92 Å². The van der Waals surface area contributed by atoms with Crippen molar-refractivity contribution in [3.63, 3.8) is 0 Å². The molecule has 1 heterocycles. The molecule has 0 unspecified atom stereocenters. The number of benzene rings is 1. The molecule has 20 heavy (non-hydrogen) atoms. The maximum Gasteiger partial charge on any atom is 0.141 e. The van der Waals surface area contributed by atoms with Gasteiger partial charge in [-0.2, -0.15) is 5.10 Å². The van der Waals surface area contributed by atoms with Gasteiger partial charge in [0.25, 0.3) is 0 Å². The number of nitrogens with two attached hydrogens (primary N) is 1. The number of rotatable bonds is 5. The van der Waals surface area contributed by atoms with Crippen molar-refractivity contribution >= 4 is 17.4 Å². The van der Waals surface area contributed by atoms with Crippen molar-refractivity contribution in [3.05, 3.63) is 35.9 Å². The van der Waals surface area contributed by atoms with Gasteiger partial charge < -0.3 is 5.73 Å². The first kappa shape index (κ1) is 14.8. The molecule has 0 atom stereocenters. The molecule has 108 valence electrons. The van der Waals surface area contributed by atoms with E-state index in [0.717, 1.165) is 30.4 Å². The largest absolute Gasteiger partial charge is 0.399 e. The van der Waals surface area contributed by atoms with E-state index in [2.05, 4.69) is 23.9 Å². The molecule has 0 amide bonds. The summed E-state index contributed by atoms with van der Waals surface area (Å²) in [7, 11) is 0. The first-order valence-corrected chi connectivity index (χ1v) is 7.20. The fourth-order valence-corrected chi connectivity index (χ4v) is 2.64. The Morgan fingerprint density at radius 3 is 2.55 bits per heavy atom. The lowest BCUT2D eigenvalue weighted by Gasteiger charge is -2.09. The van der Waals surface area contributed by atoms with Gasteiger partial charge in [0.2, 0.25) is 0 Å². The van der Waals surface area contributed by atoms with E-state index in [1.54, 1.807) is 4.68 Å². The predicted octanol–water partition coefficient (Wildman–Crippen LogP) is 3.09. The summed E-state index contributed by atoms with van der Waals surface area (Å²) in [6.45, 7) is 4.86. The van der Waals surface area contributed by atoms with Crippen LogP contribution in [-0.2, 0) is 12.3 Å². The van der Waals surface area contributed by atoms with Gasteiger partial charge >= 0.3 is 0 Å². The van der Waals surface area contributed by atoms with Crippen LogP contribution in [0.15, 0.2) is 23.4 Å². The number of aromatic nitrogens is 3. The summed E-state index contributed by atoms with van der Waals surface area (Å²) in [5.41, 5.74) is 5.46. The van der Waals surface area contributed by atoms with E-state index in [1.165, 1.54) is 6.33 Å². The molecule has 0 fully saturated rings. The van der Waals surface area contributed by atoms with E-state index < -0.39 is 11.6 Å². The van der Waals surface area contributed by atoms with E-state index in [1.807, 2.05) is 0 Å². The second-order valence-corrected chi connectivity index (χ2v) is 5.84. The van der Waals surface area contributed by atoms with Crippen LogP contribution >= 0.6 is 11.8 Å². The van der Waals surface area contributed by atoms with E-state index in [-0.39, 0.29) is 10.6 Å². The van der Waals surface area contributed by atoms with Crippen LogP contribution in [0.1, 0.15) is 19.7 Å². The zero-order valence-electron chi connectivity index (χ0n) is 11.3. The zero-order valence-corrected chi connectivity index (χ0v) is 12.1. The highest BCUT2D eigenvalue weighted by Gasteiger charge is 2.13. The lowest BCUT2D eigenvalue weighted by Crippen LogP contribution is -2.09. The van der Waals surface area contributed by atoms with Crippen LogP contribution in [0, 0.1) is 17.6 Å². The van der Waals surface area contributed by atoms with Gasteiger partial charge in [0.1, 0.15) is 23.8 Å². The Morgan fingerprint density at radius 2 is 1.95 bits per heavy atom. The van der Waals surface area contributed by atoms with Gasteiger partial charge in [0.05, 0.1) is 10.6 Å². The number of nitrogen functional groups attached to an aromatic ring is 1. The predicted molar refractivity (Wildman–Crippen MR) is 75.2 cm³/mol. The van der Waals surface area contributed by atoms with Crippen molar-refractivity contribution in [2.45, 2.75) is 31.0 Å². The molecule has 2 aromatic rings. The van der Waals surface area contributed by atoms with E-state index >= 15 is 0 Å². The lowest BCUT2D eigenvalue weighted by atomic mass is 10.2. The monoisotopic (exact) mass is 298 g/mol. The molecule has 0 saturated heterocycles. The number of hydrogen-bond acceptors (Lipinski definition) is 4. The minimum atomic E-state index is -0.651. The summed E-state index contributed by atoms with van der Waals surface area (Å²) >= 11 is 1.05. The summed E-state index contributed by atoms with van der Waals surface area (Å²) in [6, 6.07) is 2.23. The highest BCUT2D eigenvalue weighted by Crippen LogP contribution is 2.29. The standard InChI is InChI=1S/C13H16F2N4S/c1-8(2)5-19-12(17-7-18-19)6-20-13-10(14)3-9(16)4-11(13)15/h3-4,7-8H,5-6,16H2,1-2H3. The van der Waals surface area contributed by atoms with Crippen LogP contribution in [0.5, 0.6) is 0 Å². The van der Waals surface area contributed by atoms with Crippen molar-refractivity contribution in [3.8, 4) is 0 Å². The van der Waals surface area contributed by atoms with Gasteiger partial charge in [-0.1, -0.05) is 13.8 Å². The van der Waals surface area contributed by atoms with Crippen molar-refractivity contribution in [2.75, 3.05) is 5.73 Å². The Labute approximate surface area is 120 Å². The minimum absolute atomic E-state index is 0.0432. The Balaban J connectivity index is 2.12. The second-order valence-electron chi connectivity index (χ2n) is 4.85. The van der Waals surface area contributed by atoms with Crippen molar-refractivity contribution in [1.82, 2.24) is 14.8 Å². The van der Waals surface area contributed by atoms with Gasteiger partial charge in [0.15, 0.2) is 0 Å². The number of thioether (sulfide) groups is 1. The van der Waals surface area contributed by atoms with Gasteiger partial charge in [0, 0.05) is 12.2 Å². The van der Waals surface area contributed by atoms with Crippen LogP contribution in [0.3, 0.4) is 0 Å². The number of anilines is 1. The molecule has 1 aromatic heterocycles. The van der Waals surface area contributed by atoms with Gasteiger partial charge in [-0.15, -0.1) is 11.8 Å². The number of halogens is 2. The number of nitrogens with zero attached hydrogens (tertiary/aromatic N) is 3. The van der Waals surface area contributed by atoms with Crippen LogP contribution in [0.4, 0.5) is 14.5 Å². The summed E-state index contributed by atoms with van der Waals surface area (Å²) in [6.07, 6.45) is 1.45. The quantitative estimate of drug-likeness (QED) is 0.681. The van der Waals surface area contributed by atoms with Crippen LogP contribution in [0.25, 0.3) is 0 Å². The van der Waals surface area contributed by atoms with Crippen LogP contribution < -0.4 is 5.73 Å². The highest BCUT2D eigenvalue weighted by molar-refractivity contribution is 7.98. The molecule has 0 bridgehead atoms. The Morgan fingerprint density at radius 1 is 1.30 bits per heavy atom. The van der Waals surface area contributed by atoms with Crippen molar-refractivity contribution in [1.29, 1.82) is 0 Å². The average molecular weight is 298 g/mol. The first-order chi connectivity index (χ1) is 9.47. The topological polar surface area (TPSA) is 56.7 Å². The first-order valence-electron chi connectivity index (χ1n) is 6.21. The fourth-order valence-electron chi connectivity index (χ4n) is 1.75. The van der Waals surface area contributed by atoms with Gasteiger partial charge in [-0.3, -0.25) is 0 Å². The molecule has 0 saturated carbocycles. The minimum Gasteiger partial charge on any atom is -0.399 e. The Kier molecular flexibility index (Phi) is 4.59. The third-order valence-electron chi connectivity index (χ3n) is 2.60. The second kappa shape index (κ2) is 6.21. The Bertz CT molecular complexity index is 575. The molecule has 2 N–H and O–H groups in total. The summed E-state index contributed by atoms with van der Waals surface area (Å²) in [5, 5.41) is 4.11. The maximum absolute atomic E-state index is 13.7. The van der Waals surface area contributed by atoms with Crippen LogP contribution in [-0.4, -0.2) is 14.8 Å².